The molecule has 1 atom stereocenters. The van der Waals surface area contributed by atoms with E-state index in [1.165, 1.54) is 24.0 Å². The predicted octanol–water partition coefficient (Wildman–Crippen LogP) is 4.67. The minimum atomic E-state index is 0.106. The molecule has 1 N–H and O–H groups in total. The number of carbonyl (C=O) groups is 1. The van der Waals surface area contributed by atoms with Crippen LogP contribution in [0.5, 0.6) is 0 Å². The molecule has 2 rings (SSSR count). The smallest absolute Gasteiger partial charge is 0.317 e. The van der Waals surface area contributed by atoms with Crippen LogP contribution in [0.25, 0.3) is 0 Å². The Morgan fingerprint density at radius 1 is 1.32 bits per heavy atom. The third-order valence-electron chi connectivity index (χ3n) is 4.44. The molecule has 1 saturated heterocycles. The summed E-state index contributed by atoms with van der Waals surface area (Å²) >= 11 is 0. The second-order valence-electron chi connectivity index (χ2n) is 6.89. The van der Waals surface area contributed by atoms with Crippen LogP contribution in [0.4, 0.5) is 4.79 Å². The van der Waals surface area contributed by atoms with E-state index in [4.69, 9.17) is 0 Å². The van der Waals surface area contributed by atoms with Gasteiger partial charge in [0.05, 0.1) is 6.04 Å². The maximum Gasteiger partial charge on any atom is 0.317 e. The number of nitrogens with one attached hydrogen (secondary N) is 1. The fraction of sp³-hybridized carbons (Fsp3) is 0.632. The Balaban J connectivity index is 2.08. The van der Waals surface area contributed by atoms with Gasteiger partial charge in [-0.05, 0) is 37.7 Å². The van der Waals surface area contributed by atoms with Gasteiger partial charge < -0.3 is 10.2 Å². The lowest BCUT2D eigenvalue weighted by molar-refractivity contribution is 0.175. The summed E-state index contributed by atoms with van der Waals surface area (Å²) in [7, 11) is 0. The van der Waals surface area contributed by atoms with E-state index in [0.29, 0.717) is 5.92 Å². The number of benzene rings is 1. The molecule has 0 aliphatic carbocycles. The van der Waals surface area contributed by atoms with E-state index in [1.807, 2.05) is 0 Å². The van der Waals surface area contributed by atoms with Crippen LogP contribution in [0.3, 0.4) is 0 Å². The molecule has 0 saturated carbocycles. The van der Waals surface area contributed by atoms with Crippen molar-refractivity contribution in [1.29, 1.82) is 0 Å². The van der Waals surface area contributed by atoms with Crippen molar-refractivity contribution in [2.24, 2.45) is 5.92 Å². The normalized spacial score (nSPS) is 19.1. The number of nitrogens with zero attached hydrogens (tertiary/aromatic N) is 1. The number of hydrogen-bond donors (Lipinski definition) is 1. The van der Waals surface area contributed by atoms with Crippen LogP contribution in [0.15, 0.2) is 24.3 Å². The molecule has 1 heterocycles. The van der Waals surface area contributed by atoms with Gasteiger partial charge in [0.1, 0.15) is 0 Å². The van der Waals surface area contributed by atoms with Crippen molar-refractivity contribution in [3.05, 3.63) is 35.4 Å². The van der Waals surface area contributed by atoms with Gasteiger partial charge in [-0.1, -0.05) is 56.5 Å². The van der Waals surface area contributed by atoms with E-state index in [-0.39, 0.29) is 12.1 Å². The first-order valence-electron chi connectivity index (χ1n) is 8.69. The monoisotopic (exact) mass is 302 g/mol. The fourth-order valence-electron chi connectivity index (χ4n) is 3.14. The number of aryl methyl sites for hydroxylation is 1. The molecule has 0 radical (unpaired) electrons. The number of carbonyl (C=O) groups excluding carboxylic acids is 1. The highest BCUT2D eigenvalue weighted by Gasteiger charge is 2.26. The molecule has 0 spiro atoms. The largest absolute Gasteiger partial charge is 0.338 e. The first kappa shape index (κ1) is 16.9. The van der Waals surface area contributed by atoms with Crippen molar-refractivity contribution in [1.82, 2.24) is 10.2 Å². The molecule has 1 fully saturated rings. The van der Waals surface area contributed by atoms with Gasteiger partial charge >= 0.3 is 6.03 Å². The summed E-state index contributed by atoms with van der Waals surface area (Å²) < 4.78 is 0. The van der Waals surface area contributed by atoms with Gasteiger partial charge in [-0.3, -0.25) is 0 Å². The van der Waals surface area contributed by atoms with Gasteiger partial charge in [0, 0.05) is 13.1 Å². The fourth-order valence-corrected chi connectivity index (χ4v) is 3.14. The topological polar surface area (TPSA) is 32.3 Å². The molecule has 122 valence electrons. The minimum absolute atomic E-state index is 0.106. The molecular formula is C19H30N2O. The molecule has 0 aromatic heterocycles. The zero-order valence-electron chi connectivity index (χ0n) is 14.3. The van der Waals surface area contributed by atoms with E-state index in [0.717, 1.165) is 32.4 Å². The third-order valence-corrected chi connectivity index (χ3v) is 4.44. The van der Waals surface area contributed by atoms with Crippen LogP contribution in [-0.2, 0) is 0 Å². The summed E-state index contributed by atoms with van der Waals surface area (Å²) in [4.78, 5) is 14.7. The number of urea groups is 1. The lowest BCUT2D eigenvalue weighted by Crippen LogP contribution is -2.42. The second-order valence-corrected chi connectivity index (χ2v) is 6.89. The van der Waals surface area contributed by atoms with Crippen molar-refractivity contribution in [2.45, 2.75) is 58.9 Å². The number of hydrogen-bond acceptors (Lipinski definition) is 1. The van der Waals surface area contributed by atoms with Gasteiger partial charge in [0.15, 0.2) is 0 Å². The maximum absolute atomic E-state index is 12.6. The van der Waals surface area contributed by atoms with Gasteiger partial charge in [0.2, 0.25) is 0 Å². The Morgan fingerprint density at radius 2 is 2.14 bits per heavy atom. The molecule has 1 aliphatic heterocycles. The standard InChI is InChI=1S/C19H30N2O/c1-15(2)11-12-20-19(22)21-13-6-4-5-10-18(21)17-9-7-8-16(3)14-17/h7-9,14-15,18H,4-6,10-13H2,1-3H3,(H,20,22). The van der Waals surface area contributed by atoms with Crippen LogP contribution >= 0.6 is 0 Å². The first-order valence-corrected chi connectivity index (χ1v) is 8.69. The zero-order chi connectivity index (χ0) is 15.9. The van der Waals surface area contributed by atoms with E-state index >= 15 is 0 Å². The molecule has 1 aromatic carbocycles. The van der Waals surface area contributed by atoms with Crippen molar-refractivity contribution in [2.75, 3.05) is 13.1 Å². The number of rotatable bonds is 4. The van der Waals surface area contributed by atoms with Crippen molar-refractivity contribution >= 4 is 6.03 Å². The highest BCUT2D eigenvalue weighted by atomic mass is 16.2. The Bertz CT molecular complexity index is 484. The van der Waals surface area contributed by atoms with Crippen LogP contribution in [0.1, 0.15) is 63.1 Å². The summed E-state index contributed by atoms with van der Waals surface area (Å²) in [5.41, 5.74) is 2.54. The van der Waals surface area contributed by atoms with Crippen LogP contribution in [0, 0.1) is 12.8 Å². The Kier molecular flexibility index (Phi) is 6.29. The van der Waals surface area contributed by atoms with E-state index in [9.17, 15) is 4.79 Å². The van der Waals surface area contributed by atoms with E-state index in [2.05, 4.69) is 55.3 Å². The molecule has 3 heteroatoms. The Hall–Kier alpha value is -1.51. The van der Waals surface area contributed by atoms with E-state index in [1.54, 1.807) is 0 Å². The Labute approximate surface area is 135 Å². The SMILES string of the molecule is Cc1cccc(C2CCCCCN2C(=O)NCCC(C)C)c1. The van der Waals surface area contributed by atoms with Crippen molar-refractivity contribution < 1.29 is 4.79 Å². The zero-order valence-corrected chi connectivity index (χ0v) is 14.3. The summed E-state index contributed by atoms with van der Waals surface area (Å²) in [6.07, 6.45) is 5.64. The molecule has 22 heavy (non-hydrogen) atoms. The summed E-state index contributed by atoms with van der Waals surface area (Å²) in [5.74, 6) is 0.622. The molecule has 3 nitrogen and oxygen atoms in total. The lowest BCUT2D eigenvalue weighted by Gasteiger charge is -2.31. The summed E-state index contributed by atoms with van der Waals surface area (Å²) in [6, 6.07) is 8.94. The van der Waals surface area contributed by atoms with Crippen LogP contribution in [0.2, 0.25) is 0 Å². The maximum atomic E-state index is 12.6. The van der Waals surface area contributed by atoms with Gasteiger partial charge in [-0.2, -0.15) is 0 Å². The highest BCUT2D eigenvalue weighted by molar-refractivity contribution is 5.74. The second kappa shape index (κ2) is 8.21. The first-order chi connectivity index (χ1) is 10.6. The lowest BCUT2D eigenvalue weighted by atomic mass is 9.99. The summed E-state index contributed by atoms with van der Waals surface area (Å²) in [6.45, 7) is 8.13. The molecular weight excluding hydrogens is 272 g/mol. The van der Waals surface area contributed by atoms with Gasteiger partial charge in [0.25, 0.3) is 0 Å². The quantitative estimate of drug-likeness (QED) is 0.861. The average Bonchev–Trinajstić information content (AvgIpc) is 2.72. The average molecular weight is 302 g/mol. The highest BCUT2D eigenvalue weighted by Crippen LogP contribution is 2.30. The molecule has 0 bridgehead atoms. The summed E-state index contributed by atoms with van der Waals surface area (Å²) in [5, 5.41) is 3.11. The van der Waals surface area contributed by atoms with Gasteiger partial charge in [-0.25, -0.2) is 4.79 Å². The number of likely N-dealkylation sites (tertiary alicyclic amines) is 1. The molecule has 1 aliphatic rings. The Morgan fingerprint density at radius 3 is 2.86 bits per heavy atom. The van der Waals surface area contributed by atoms with Crippen molar-refractivity contribution in [3.63, 3.8) is 0 Å². The van der Waals surface area contributed by atoms with Crippen molar-refractivity contribution in [3.8, 4) is 0 Å². The minimum Gasteiger partial charge on any atom is -0.338 e. The molecule has 1 unspecified atom stereocenters. The molecule has 1 aromatic rings. The third kappa shape index (κ3) is 4.75. The predicted molar refractivity (Wildman–Crippen MR) is 91.9 cm³/mol. The van der Waals surface area contributed by atoms with Gasteiger partial charge in [-0.15, -0.1) is 0 Å². The van der Waals surface area contributed by atoms with Crippen LogP contribution < -0.4 is 5.32 Å². The number of amides is 2. The van der Waals surface area contributed by atoms with Crippen LogP contribution in [-0.4, -0.2) is 24.0 Å². The van der Waals surface area contributed by atoms with E-state index < -0.39 is 0 Å². The molecule has 2 amide bonds.